The first-order valence-corrected chi connectivity index (χ1v) is 23.9. The number of carbonyl (C=O) groups excluding carboxylic acids is 6. The van der Waals surface area contributed by atoms with E-state index in [0.29, 0.717) is 43.0 Å². The van der Waals surface area contributed by atoms with Gasteiger partial charge in [-0.3, -0.25) is 19.2 Å². The Balaban J connectivity index is 0.000000681. The molecule has 0 bridgehead atoms. The third-order valence-electron chi connectivity index (χ3n) is 12.2. The first-order valence-electron chi connectivity index (χ1n) is 23.9. The molecule has 2 aliphatic rings. The smallest absolute Gasteiger partial charge is 0.330 e. The zero-order chi connectivity index (χ0) is 51.4. The van der Waals surface area contributed by atoms with E-state index in [2.05, 4.69) is 20.4 Å². The molecule has 2 aliphatic heterocycles. The van der Waals surface area contributed by atoms with Gasteiger partial charge in [0, 0.05) is 56.5 Å². The van der Waals surface area contributed by atoms with Crippen molar-refractivity contribution in [2.75, 3.05) is 35.0 Å². The van der Waals surface area contributed by atoms with Gasteiger partial charge in [0.25, 0.3) is 0 Å². The zero-order valence-corrected chi connectivity index (χ0v) is 42.4. The summed E-state index contributed by atoms with van der Waals surface area (Å²) in [5.74, 6) is -5.17. The molecule has 0 saturated carbocycles. The average molecular weight is 963 g/mol. The van der Waals surface area contributed by atoms with Crippen LogP contribution < -0.4 is 0 Å². The van der Waals surface area contributed by atoms with Crippen LogP contribution in [0.3, 0.4) is 0 Å². The maximum Gasteiger partial charge on any atom is 0.330 e. The lowest BCUT2D eigenvalue weighted by molar-refractivity contribution is -0.338. The van der Waals surface area contributed by atoms with Crippen molar-refractivity contribution in [2.24, 2.45) is 10.8 Å². The monoisotopic (exact) mass is 963 g/mol. The molecule has 0 aromatic rings. The van der Waals surface area contributed by atoms with E-state index in [-0.39, 0.29) is 31.8 Å². The van der Waals surface area contributed by atoms with Gasteiger partial charge in [-0.1, -0.05) is 111 Å². The molecular formula is C52H82O16. The molecular weight excluding hydrogens is 881 g/mol. The molecule has 16 nitrogen and oxygen atoms in total. The first-order chi connectivity index (χ1) is 32.3. The fourth-order valence-electron chi connectivity index (χ4n) is 8.49. The number of aliphatic hydroxyl groups excluding tert-OH is 2. The Morgan fingerprint density at radius 2 is 1.09 bits per heavy atom. The highest BCUT2D eigenvalue weighted by molar-refractivity contribution is 5.83. The topological polar surface area (TPSA) is 217 Å². The summed E-state index contributed by atoms with van der Waals surface area (Å²) >= 11 is 0. The van der Waals surface area contributed by atoms with Crippen molar-refractivity contribution in [1.29, 1.82) is 0 Å². The molecule has 386 valence electrons. The number of methoxy groups -OCH3 is 4. The Bertz CT molecular complexity index is 1710. The Morgan fingerprint density at radius 3 is 1.44 bits per heavy atom. The second-order valence-corrected chi connectivity index (χ2v) is 18.2. The summed E-state index contributed by atoms with van der Waals surface area (Å²) in [6.45, 7) is 14.7. The van der Waals surface area contributed by atoms with Crippen LogP contribution in [0, 0.1) is 10.8 Å². The molecule has 0 amide bonds. The number of unbranched alkanes of at least 4 members (excludes halogenated alkanes) is 8. The van der Waals surface area contributed by atoms with Crippen LogP contribution in [0.2, 0.25) is 0 Å². The Kier molecular flexibility index (Phi) is 28.8. The molecule has 2 N–H and O–H groups in total. The number of hydrogen-bond donors (Lipinski definition) is 2. The van der Waals surface area contributed by atoms with Crippen LogP contribution in [-0.4, -0.2) is 124 Å². The van der Waals surface area contributed by atoms with E-state index in [0.717, 1.165) is 57.8 Å². The normalized spacial score (nSPS) is 24.8. The van der Waals surface area contributed by atoms with Crippen LogP contribution in [0.25, 0.3) is 0 Å². The predicted molar refractivity (Wildman–Crippen MR) is 256 cm³/mol. The van der Waals surface area contributed by atoms with Gasteiger partial charge in [0.1, 0.15) is 12.6 Å². The lowest BCUT2D eigenvalue weighted by atomic mass is 9.74. The predicted octanol–water partition coefficient (Wildman–Crippen LogP) is 7.86. The van der Waals surface area contributed by atoms with Gasteiger partial charge in [-0.05, 0) is 55.4 Å². The molecule has 0 spiro atoms. The zero-order valence-electron chi connectivity index (χ0n) is 42.4. The summed E-state index contributed by atoms with van der Waals surface area (Å²) in [4.78, 5) is 72.2. The van der Waals surface area contributed by atoms with Crippen LogP contribution in [0.4, 0.5) is 0 Å². The molecule has 2 saturated heterocycles. The fraction of sp³-hybridized carbons (Fsp3) is 0.692. The number of rotatable bonds is 29. The highest BCUT2D eigenvalue weighted by Crippen LogP contribution is 2.50. The van der Waals surface area contributed by atoms with Crippen molar-refractivity contribution < 1.29 is 76.9 Å². The second-order valence-electron chi connectivity index (χ2n) is 18.2. The highest BCUT2D eigenvalue weighted by Gasteiger charge is 2.60. The van der Waals surface area contributed by atoms with Crippen LogP contribution in [-0.2, 0) is 66.7 Å². The number of allylic oxidation sites excluding steroid dienone is 2. The van der Waals surface area contributed by atoms with E-state index in [1.54, 1.807) is 32.1 Å². The minimum Gasteiger partial charge on any atom is -0.466 e. The number of aldehydes is 2. The number of carbonyl (C=O) groups is 6. The summed E-state index contributed by atoms with van der Waals surface area (Å²) in [6.07, 6.45) is 18.5. The summed E-state index contributed by atoms with van der Waals surface area (Å²) in [7, 11) is 5.39. The van der Waals surface area contributed by atoms with Gasteiger partial charge in [-0.2, -0.15) is 0 Å². The molecule has 2 heterocycles. The Hall–Kier alpha value is -4.32. The number of hydrogen-bond acceptors (Lipinski definition) is 16. The van der Waals surface area contributed by atoms with Crippen molar-refractivity contribution in [2.45, 2.75) is 186 Å². The number of aliphatic hydroxyl groups is 2. The Labute approximate surface area is 404 Å². The Morgan fingerprint density at radius 1 is 0.691 bits per heavy atom. The summed E-state index contributed by atoms with van der Waals surface area (Å²) in [6, 6.07) is 0. The van der Waals surface area contributed by atoms with E-state index in [9.17, 15) is 39.0 Å². The molecule has 2 fully saturated rings. The van der Waals surface area contributed by atoms with Crippen LogP contribution in [0.5, 0.6) is 0 Å². The van der Waals surface area contributed by atoms with Crippen molar-refractivity contribution in [3.8, 4) is 0 Å². The van der Waals surface area contributed by atoms with Gasteiger partial charge in [-0.15, -0.1) is 6.58 Å². The standard InChI is InChI=1S/C26H42O9.C26H40O7/c1-6-7-8-9-10-12-22(30)34-24-19(16-23(31)32-4)15-21(17-20(29)18-28)35-26(24,33-5)25(2,3)13-11-14-27;1-7-9-10-11-12-15-22(28)32-24-20(19-23(29)30-5)18-21(14-8-2)33-26(24,31-6)25(3,4)16-13-17-27/h11,13-14,16,20-21,24,28-29H,6-10,12,15,17-18H2,1-5H3;8,13,16-17,19,21,24H,2,7,9-12,14-15,18H2,1,3-6H3/b13-11+,19-16+;16-13+,20-19+/t20?,21-,24-,26+;21-,24?,26-/m01/s1. The summed E-state index contributed by atoms with van der Waals surface area (Å²) < 4.78 is 46.1. The molecule has 0 aliphatic carbocycles. The largest absolute Gasteiger partial charge is 0.466 e. The van der Waals surface area contributed by atoms with Gasteiger partial charge < -0.3 is 48.1 Å². The molecule has 0 aromatic heterocycles. The first kappa shape index (κ1) is 61.7. The lowest BCUT2D eigenvalue weighted by Gasteiger charge is -2.53. The minimum atomic E-state index is -1.64. The van der Waals surface area contributed by atoms with Gasteiger partial charge >= 0.3 is 23.9 Å². The van der Waals surface area contributed by atoms with E-state index in [4.69, 9.17) is 37.9 Å². The third-order valence-corrected chi connectivity index (χ3v) is 12.2. The van der Waals surface area contributed by atoms with Crippen LogP contribution in [0.1, 0.15) is 144 Å². The number of ether oxygens (including phenoxy) is 8. The molecule has 68 heavy (non-hydrogen) atoms. The van der Waals surface area contributed by atoms with Gasteiger partial charge in [-0.25, -0.2) is 9.59 Å². The van der Waals surface area contributed by atoms with Crippen molar-refractivity contribution in [3.05, 3.63) is 60.3 Å². The fourth-order valence-corrected chi connectivity index (χ4v) is 8.49. The van der Waals surface area contributed by atoms with Crippen LogP contribution in [0.15, 0.2) is 60.3 Å². The van der Waals surface area contributed by atoms with E-state index < -0.39 is 77.3 Å². The van der Waals surface area contributed by atoms with Gasteiger partial charge in [0.15, 0.2) is 12.2 Å². The quantitative estimate of drug-likeness (QED) is 0.0182. The van der Waals surface area contributed by atoms with Crippen molar-refractivity contribution in [3.63, 3.8) is 0 Å². The second kappa shape index (κ2) is 31.7. The molecule has 16 heteroatoms. The molecule has 2 rings (SSSR count). The van der Waals surface area contributed by atoms with E-state index in [1.165, 1.54) is 52.7 Å². The summed E-state index contributed by atoms with van der Waals surface area (Å²) in [5.41, 5.74) is -0.989. The average Bonchev–Trinajstić information content (AvgIpc) is 3.31. The highest BCUT2D eigenvalue weighted by atomic mass is 16.7. The lowest BCUT2D eigenvalue weighted by Crippen LogP contribution is -2.63. The maximum atomic E-state index is 12.9. The minimum absolute atomic E-state index is 0.0473. The third kappa shape index (κ3) is 18.5. The molecule has 2 unspecified atom stereocenters. The van der Waals surface area contributed by atoms with E-state index in [1.807, 2.05) is 13.8 Å². The number of esters is 4. The maximum absolute atomic E-state index is 12.9. The van der Waals surface area contributed by atoms with E-state index >= 15 is 0 Å². The van der Waals surface area contributed by atoms with Crippen molar-refractivity contribution >= 4 is 36.4 Å². The van der Waals surface area contributed by atoms with Gasteiger partial charge in [0.2, 0.25) is 11.6 Å². The van der Waals surface area contributed by atoms with Crippen molar-refractivity contribution in [1.82, 2.24) is 0 Å². The summed E-state index contributed by atoms with van der Waals surface area (Å²) in [5, 5.41) is 19.4. The van der Waals surface area contributed by atoms with Crippen LogP contribution >= 0.6 is 0 Å². The molecule has 0 radical (unpaired) electrons. The molecule has 0 aromatic carbocycles. The van der Waals surface area contributed by atoms with Gasteiger partial charge in [0.05, 0.1) is 39.1 Å². The SMILES string of the molecule is C=CC[C@@H]1C/C(=C\C(=O)OC)C(OC(=O)CCCCCCC)[C@](OC)(C(C)(C)/C=C/C=O)O1.CCCCCCCC(=O)O[C@H]1/C(=C/C(=O)OC)C[C@@H](CC(O)CO)O[C@@]1(OC)C(C)(C)/C=C/C=O. The molecule has 7 atom stereocenters.